The summed E-state index contributed by atoms with van der Waals surface area (Å²) in [7, 11) is 1.57. The Morgan fingerprint density at radius 1 is 1.41 bits per heavy atom. The molecule has 0 unspecified atom stereocenters. The monoisotopic (exact) mass is 254 g/mol. The molecule has 0 atom stereocenters. The van der Waals surface area contributed by atoms with Crippen LogP contribution in [0.1, 0.15) is 10.4 Å². The number of carbonyl (C=O) groups is 1. The van der Waals surface area contributed by atoms with Gasteiger partial charge in [-0.05, 0) is 18.2 Å². The molecule has 1 aliphatic heterocycles. The van der Waals surface area contributed by atoms with Crippen molar-refractivity contribution in [3.8, 4) is 5.75 Å². The molecule has 1 saturated heterocycles. The van der Waals surface area contributed by atoms with Gasteiger partial charge in [0.05, 0.1) is 17.7 Å². The molecular weight excluding hydrogens is 240 g/mol. The Labute approximate surface area is 106 Å². The van der Waals surface area contributed by atoms with Gasteiger partial charge in [-0.25, -0.2) is 0 Å². The van der Waals surface area contributed by atoms with Crippen LogP contribution in [-0.4, -0.2) is 44.1 Å². The summed E-state index contributed by atoms with van der Waals surface area (Å²) in [5.74, 6) is 0.614. The first-order valence-corrected chi connectivity index (χ1v) is 5.93. The van der Waals surface area contributed by atoms with E-state index in [1.807, 2.05) is 0 Å². The average molecular weight is 255 g/mol. The van der Waals surface area contributed by atoms with Crippen LogP contribution in [-0.2, 0) is 0 Å². The quantitative estimate of drug-likeness (QED) is 0.867. The van der Waals surface area contributed by atoms with E-state index in [-0.39, 0.29) is 5.91 Å². The van der Waals surface area contributed by atoms with Crippen LogP contribution in [0.2, 0.25) is 5.02 Å². The molecule has 5 heteroatoms. The van der Waals surface area contributed by atoms with Crippen molar-refractivity contribution in [2.75, 3.05) is 33.3 Å². The van der Waals surface area contributed by atoms with E-state index in [4.69, 9.17) is 16.3 Å². The molecule has 0 aliphatic carbocycles. The average Bonchev–Trinajstić information content (AvgIpc) is 2.39. The molecule has 0 saturated carbocycles. The topological polar surface area (TPSA) is 41.6 Å². The highest BCUT2D eigenvalue weighted by molar-refractivity contribution is 6.33. The molecule has 92 valence electrons. The number of rotatable bonds is 2. The van der Waals surface area contributed by atoms with Crippen LogP contribution in [0.4, 0.5) is 0 Å². The molecule has 17 heavy (non-hydrogen) atoms. The van der Waals surface area contributed by atoms with Gasteiger partial charge in [0.15, 0.2) is 0 Å². The zero-order valence-electron chi connectivity index (χ0n) is 9.70. The molecular formula is C12H15ClN2O2. The zero-order valence-corrected chi connectivity index (χ0v) is 10.5. The van der Waals surface area contributed by atoms with Crippen LogP contribution in [0.5, 0.6) is 5.75 Å². The first kappa shape index (κ1) is 12.2. The van der Waals surface area contributed by atoms with Crippen LogP contribution in [0, 0.1) is 0 Å². The number of benzene rings is 1. The molecule has 1 fully saturated rings. The van der Waals surface area contributed by atoms with Gasteiger partial charge in [0.2, 0.25) is 0 Å². The van der Waals surface area contributed by atoms with E-state index < -0.39 is 0 Å². The minimum atomic E-state index is -0.0320. The molecule has 0 bridgehead atoms. The molecule has 2 rings (SSSR count). The number of carbonyl (C=O) groups excluding carboxylic acids is 1. The van der Waals surface area contributed by atoms with Crippen LogP contribution >= 0.6 is 11.6 Å². The number of hydrogen-bond acceptors (Lipinski definition) is 3. The number of piperazine rings is 1. The minimum Gasteiger partial charge on any atom is -0.497 e. The number of halogens is 1. The molecule has 1 N–H and O–H groups in total. The normalized spacial score (nSPS) is 15.8. The number of methoxy groups -OCH3 is 1. The predicted octanol–water partition coefficient (Wildman–Crippen LogP) is 1.39. The van der Waals surface area contributed by atoms with E-state index in [0.717, 1.165) is 13.1 Å². The zero-order chi connectivity index (χ0) is 12.3. The minimum absolute atomic E-state index is 0.0320. The van der Waals surface area contributed by atoms with Crippen molar-refractivity contribution in [3.63, 3.8) is 0 Å². The lowest BCUT2D eigenvalue weighted by atomic mass is 10.1. The number of nitrogens with one attached hydrogen (secondary N) is 1. The van der Waals surface area contributed by atoms with Gasteiger partial charge in [-0.3, -0.25) is 4.79 Å². The largest absolute Gasteiger partial charge is 0.497 e. The molecule has 1 aliphatic rings. The Balaban J connectivity index is 2.22. The van der Waals surface area contributed by atoms with Crippen molar-refractivity contribution in [2.45, 2.75) is 0 Å². The lowest BCUT2D eigenvalue weighted by molar-refractivity contribution is 0.0735. The number of amides is 1. The summed E-state index contributed by atoms with van der Waals surface area (Å²) in [6, 6.07) is 5.12. The lowest BCUT2D eigenvalue weighted by Gasteiger charge is -2.27. The van der Waals surface area contributed by atoms with Gasteiger partial charge in [0.25, 0.3) is 5.91 Å². The van der Waals surface area contributed by atoms with Gasteiger partial charge < -0.3 is 15.0 Å². The smallest absolute Gasteiger partial charge is 0.255 e. The Morgan fingerprint density at radius 3 is 2.76 bits per heavy atom. The summed E-state index contributed by atoms with van der Waals surface area (Å²) in [5, 5.41) is 3.67. The van der Waals surface area contributed by atoms with E-state index in [2.05, 4.69) is 5.32 Å². The summed E-state index contributed by atoms with van der Waals surface area (Å²) in [5.41, 5.74) is 0.507. The van der Waals surface area contributed by atoms with Crippen molar-refractivity contribution in [3.05, 3.63) is 28.8 Å². The van der Waals surface area contributed by atoms with Crippen LogP contribution in [0.25, 0.3) is 0 Å². The van der Waals surface area contributed by atoms with Crippen molar-refractivity contribution < 1.29 is 9.53 Å². The third kappa shape index (κ3) is 2.70. The summed E-state index contributed by atoms with van der Waals surface area (Å²) in [6.45, 7) is 3.08. The number of nitrogens with zero attached hydrogens (tertiary/aromatic N) is 1. The molecule has 0 spiro atoms. The number of hydrogen-bond donors (Lipinski definition) is 1. The van der Waals surface area contributed by atoms with Gasteiger partial charge in [-0.1, -0.05) is 11.6 Å². The Hall–Kier alpha value is -1.26. The molecule has 0 radical (unpaired) electrons. The molecule has 4 nitrogen and oxygen atoms in total. The summed E-state index contributed by atoms with van der Waals surface area (Å²) in [4.78, 5) is 14.0. The third-order valence-electron chi connectivity index (χ3n) is 2.81. The highest BCUT2D eigenvalue weighted by Gasteiger charge is 2.20. The Bertz CT molecular complexity index is 417. The van der Waals surface area contributed by atoms with Crippen molar-refractivity contribution >= 4 is 17.5 Å². The van der Waals surface area contributed by atoms with Gasteiger partial charge in [-0.15, -0.1) is 0 Å². The van der Waals surface area contributed by atoms with Crippen molar-refractivity contribution in [1.82, 2.24) is 10.2 Å². The van der Waals surface area contributed by atoms with E-state index in [9.17, 15) is 4.79 Å². The van der Waals surface area contributed by atoms with Crippen LogP contribution in [0.15, 0.2) is 18.2 Å². The van der Waals surface area contributed by atoms with Crippen LogP contribution < -0.4 is 10.1 Å². The van der Waals surface area contributed by atoms with E-state index in [1.165, 1.54) is 0 Å². The maximum atomic E-state index is 12.2. The van der Waals surface area contributed by atoms with Gasteiger partial charge in [-0.2, -0.15) is 0 Å². The number of ether oxygens (including phenoxy) is 1. The maximum Gasteiger partial charge on any atom is 0.255 e. The fraction of sp³-hybridized carbons (Fsp3) is 0.417. The van der Waals surface area contributed by atoms with E-state index in [1.54, 1.807) is 30.2 Å². The standard InChI is InChI=1S/C12H15ClN2O2/c1-17-9-2-3-11(13)10(8-9)12(16)15-6-4-14-5-7-15/h2-3,8,14H,4-7H2,1H3. The first-order valence-electron chi connectivity index (χ1n) is 5.56. The second-order valence-electron chi connectivity index (χ2n) is 3.89. The van der Waals surface area contributed by atoms with E-state index in [0.29, 0.717) is 29.4 Å². The fourth-order valence-corrected chi connectivity index (χ4v) is 2.03. The van der Waals surface area contributed by atoms with Gasteiger partial charge >= 0.3 is 0 Å². The first-order chi connectivity index (χ1) is 8.22. The summed E-state index contributed by atoms with van der Waals surface area (Å²) < 4.78 is 5.11. The Morgan fingerprint density at radius 2 is 2.12 bits per heavy atom. The van der Waals surface area contributed by atoms with Crippen molar-refractivity contribution in [1.29, 1.82) is 0 Å². The van der Waals surface area contributed by atoms with Gasteiger partial charge in [0, 0.05) is 26.2 Å². The second kappa shape index (κ2) is 5.38. The molecule has 1 aromatic rings. The maximum absolute atomic E-state index is 12.2. The molecule has 1 aromatic carbocycles. The van der Waals surface area contributed by atoms with Gasteiger partial charge in [0.1, 0.15) is 5.75 Å². The summed E-state index contributed by atoms with van der Waals surface area (Å²) >= 11 is 6.05. The molecule has 1 heterocycles. The fourth-order valence-electron chi connectivity index (χ4n) is 1.83. The molecule has 1 amide bonds. The van der Waals surface area contributed by atoms with Crippen LogP contribution in [0.3, 0.4) is 0 Å². The van der Waals surface area contributed by atoms with E-state index >= 15 is 0 Å². The summed E-state index contributed by atoms with van der Waals surface area (Å²) in [6.07, 6.45) is 0. The second-order valence-corrected chi connectivity index (χ2v) is 4.30. The van der Waals surface area contributed by atoms with Crippen molar-refractivity contribution in [2.24, 2.45) is 0 Å². The molecule has 0 aromatic heterocycles. The third-order valence-corrected chi connectivity index (χ3v) is 3.14. The SMILES string of the molecule is COc1ccc(Cl)c(C(=O)N2CCNCC2)c1. The highest BCUT2D eigenvalue weighted by atomic mass is 35.5. The lowest BCUT2D eigenvalue weighted by Crippen LogP contribution is -2.46. The Kier molecular flexibility index (Phi) is 3.86. The predicted molar refractivity (Wildman–Crippen MR) is 66.8 cm³/mol. The highest BCUT2D eigenvalue weighted by Crippen LogP contribution is 2.23.